The number of nitrogens with zero attached hydrogens (tertiary/aromatic N) is 1. The van der Waals surface area contributed by atoms with Crippen molar-refractivity contribution in [1.29, 1.82) is 0 Å². The van der Waals surface area contributed by atoms with Crippen LogP contribution in [-0.4, -0.2) is 15.9 Å². The molecule has 5 rings (SSSR count). The number of H-pyrrole nitrogens is 1. The zero-order valence-electron chi connectivity index (χ0n) is 17.7. The number of hydrogen-bond acceptors (Lipinski definition) is 2. The first-order chi connectivity index (χ1) is 16.1. The Morgan fingerprint density at radius 3 is 2.70 bits per heavy atom. The molecule has 2 heterocycles. The predicted octanol–water partition coefficient (Wildman–Crippen LogP) is 7.25. The van der Waals surface area contributed by atoms with Crippen LogP contribution >= 0.6 is 15.9 Å². The second-order valence-electron chi connectivity index (χ2n) is 7.94. The number of fused-ring (bicyclic) bond motifs is 2. The molecular weight excluding hydrogens is 481 g/mol. The number of rotatable bonds is 6. The molecule has 164 valence electrons. The minimum Gasteiger partial charge on any atom is -0.353 e. The maximum absolute atomic E-state index is 14.1. The van der Waals surface area contributed by atoms with E-state index in [1.807, 2.05) is 60.7 Å². The molecule has 6 heteroatoms. The third kappa shape index (κ3) is 4.52. The summed E-state index contributed by atoms with van der Waals surface area (Å²) in [5.41, 5.74) is 5.15. The van der Waals surface area contributed by atoms with Crippen molar-refractivity contribution < 1.29 is 9.18 Å². The fourth-order valence-corrected chi connectivity index (χ4v) is 4.49. The minimum atomic E-state index is -0.285. The highest BCUT2D eigenvalue weighted by Crippen LogP contribution is 2.32. The van der Waals surface area contributed by atoms with E-state index in [2.05, 4.69) is 26.2 Å². The highest BCUT2D eigenvalue weighted by atomic mass is 79.9. The molecule has 0 atom stereocenters. The molecule has 5 aromatic rings. The maximum atomic E-state index is 14.1. The molecule has 1 amide bonds. The Morgan fingerprint density at radius 1 is 1.00 bits per heavy atom. The van der Waals surface area contributed by atoms with Crippen LogP contribution in [0.4, 0.5) is 10.1 Å². The Hall–Kier alpha value is -3.51. The van der Waals surface area contributed by atoms with Crippen LogP contribution in [0.15, 0.2) is 83.3 Å². The molecule has 0 saturated carbocycles. The molecule has 0 spiro atoms. The number of para-hydroxylation sites is 2. The van der Waals surface area contributed by atoms with Gasteiger partial charge in [-0.2, -0.15) is 0 Å². The summed E-state index contributed by atoms with van der Waals surface area (Å²) in [4.78, 5) is 20.7. The molecule has 3 aromatic carbocycles. The van der Waals surface area contributed by atoms with E-state index in [1.165, 1.54) is 6.07 Å². The van der Waals surface area contributed by atoms with E-state index in [9.17, 15) is 9.18 Å². The quantitative estimate of drug-likeness (QED) is 0.257. The number of carbonyl (C=O) groups excluding carboxylic acids is 1. The van der Waals surface area contributed by atoms with Gasteiger partial charge in [0.25, 0.3) is 0 Å². The van der Waals surface area contributed by atoms with Gasteiger partial charge in [0.2, 0.25) is 5.91 Å². The van der Waals surface area contributed by atoms with Gasteiger partial charge >= 0.3 is 0 Å². The lowest BCUT2D eigenvalue weighted by atomic mass is 10.0. The van der Waals surface area contributed by atoms with Crippen molar-refractivity contribution in [3.63, 3.8) is 0 Å². The number of aromatic nitrogens is 2. The molecule has 2 aromatic heterocycles. The second kappa shape index (κ2) is 9.16. The number of aryl methyl sites for hydroxylation is 1. The van der Waals surface area contributed by atoms with Gasteiger partial charge in [0.05, 0.1) is 22.6 Å². The lowest BCUT2D eigenvalue weighted by Gasteiger charge is -2.08. The molecular formula is C27H21BrFN3O. The first-order valence-electron chi connectivity index (χ1n) is 10.8. The van der Waals surface area contributed by atoms with Gasteiger partial charge in [-0.1, -0.05) is 36.4 Å². The molecule has 0 bridgehead atoms. The third-order valence-corrected chi connectivity index (χ3v) is 6.39. The molecule has 0 saturated heterocycles. The van der Waals surface area contributed by atoms with Crippen LogP contribution in [0.2, 0.25) is 0 Å². The van der Waals surface area contributed by atoms with Gasteiger partial charge in [0.15, 0.2) is 0 Å². The van der Waals surface area contributed by atoms with Crippen LogP contribution in [0, 0.1) is 5.82 Å². The van der Waals surface area contributed by atoms with Crippen molar-refractivity contribution in [3.05, 3.63) is 94.7 Å². The molecule has 0 radical (unpaired) electrons. The summed E-state index contributed by atoms with van der Waals surface area (Å²) in [7, 11) is 0. The Labute approximate surface area is 199 Å². The van der Waals surface area contributed by atoms with Crippen molar-refractivity contribution in [2.75, 3.05) is 5.32 Å². The summed E-state index contributed by atoms with van der Waals surface area (Å²) >= 11 is 3.45. The Kier molecular flexibility index (Phi) is 5.92. The number of aromatic amines is 1. The summed E-state index contributed by atoms with van der Waals surface area (Å²) in [5, 5.41) is 4.83. The predicted molar refractivity (Wildman–Crippen MR) is 135 cm³/mol. The van der Waals surface area contributed by atoms with Gasteiger partial charge in [0.1, 0.15) is 5.82 Å². The van der Waals surface area contributed by atoms with E-state index >= 15 is 0 Å². The number of amides is 1. The van der Waals surface area contributed by atoms with Crippen LogP contribution < -0.4 is 5.32 Å². The highest BCUT2D eigenvalue weighted by Gasteiger charge is 2.16. The fraction of sp³-hybridized carbons (Fsp3) is 0.111. The lowest BCUT2D eigenvalue weighted by Crippen LogP contribution is -2.11. The van der Waals surface area contributed by atoms with Gasteiger partial charge in [-0.15, -0.1) is 0 Å². The van der Waals surface area contributed by atoms with E-state index < -0.39 is 0 Å². The van der Waals surface area contributed by atoms with Crippen molar-refractivity contribution in [1.82, 2.24) is 9.97 Å². The van der Waals surface area contributed by atoms with Crippen LogP contribution in [0.1, 0.15) is 18.4 Å². The van der Waals surface area contributed by atoms with Crippen LogP contribution in [-0.2, 0) is 11.2 Å². The number of carbonyl (C=O) groups is 1. The normalized spacial score (nSPS) is 11.2. The molecule has 0 aliphatic heterocycles. The average molecular weight is 502 g/mol. The molecule has 2 N–H and O–H groups in total. The average Bonchev–Trinajstić information content (AvgIpc) is 3.18. The van der Waals surface area contributed by atoms with Crippen LogP contribution in [0.3, 0.4) is 0 Å². The summed E-state index contributed by atoms with van der Waals surface area (Å²) < 4.78 is 14.9. The molecule has 33 heavy (non-hydrogen) atoms. The lowest BCUT2D eigenvalue weighted by molar-refractivity contribution is -0.116. The van der Waals surface area contributed by atoms with E-state index in [4.69, 9.17) is 4.98 Å². The Morgan fingerprint density at radius 2 is 1.82 bits per heavy atom. The van der Waals surface area contributed by atoms with E-state index in [0.717, 1.165) is 48.9 Å². The maximum Gasteiger partial charge on any atom is 0.224 e. The van der Waals surface area contributed by atoms with Crippen LogP contribution in [0.25, 0.3) is 33.2 Å². The molecule has 0 unspecified atom stereocenters. The monoisotopic (exact) mass is 501 g/mol. The topological polar surface area (TPSA) is 57.8 Å². The van der Waals surface area contributed by atoms with Gasteiger partial charge in [-0.25, -0.2) is 9.37 Å². The Bertz CT molecular complexity index is 1480. The summed E-state index contributed by atoms with van der Waals surface area (Å²) in [5.74, 6) is -0.342. The second-order valence-corrected chi connectivity index (χ2v) is 8.79. The fourth-order valence-electron chi connectivity index (χ4n) is 4.10. The van der Waals surface area contributed by atoms with E-state index in [0.29, 0.717) is 19.3 Å². The number of pyridine rings is 1. The smallest absolute Gasteiger partial charge is 0.224 e. The van der Waals surface area contributed by atoms with E-state index in [1.54, 1.807) is 12.1 Å². The number of benzene rings is 3. The summed E-state index contributed by atoms with van der Waals surface area (Å²) in [6, 6.07) is 24.2. The largest absolute Gasteiger partial charge is 0.353 e. The molecule has 4 nitrogen and oxygen atoms in total. The number of anilines is 1. The SMILES string of the molecule is O=C(CCCc1c(-c2ccc3ccccc3n2)[nH]c2ccc(F)cc12)Nc1ccccc1Br. The van der Waals surface area contributed by atoms with Gasteiger partial charge in [0, 0.05) is 27.2 Å². The van der Waals surface area contributed by atoms with Crippen LogP contribution in [0.5, 0.6) is 0 Å². The third-order valence-electron chi connectivity index (χ3n) is 5.70. The summed E-state index contributed by atoms with van der Waals surface area (Å²) in [6.07, 6.45) is 1.60. The van der Waals surface area contributed by atoms with Crippen molar-refractivity contribution in [2.45, 2.75) is 19.3 Å². The first kappa shape index (κ1) is 21.3. The Balaban J connectivity index is 1.42. The molecule has 0 aliphatic carbocycles. The molecule has 0 aliphatic rings. The van der Waals surface area contributed by atoms with Crippen molar-refractivity contribution in [2.24, 2.45) is 0 Å². The highest BCUT2D eigenvalue weighted by molar-refractivity contribution is 9.10. The van der Waals surface area contributed by atoms with Gasteiger partial charge in [-0.3, -0.25) is 4.79 Å². The first-order valence-corrected chi connectivity index (χ1v) is 11.6. The van der Waals surface area contributed by atoms with E-state index in [-0.39, 0.29) is 11.7 Å². The zero-order valence-corrected chi connectivity index (χ0v) is 19.3. The van der Waals surface area contributed by atoms with Crippen molar-refractivity contribution in [3.8, 4) is 11.4 Å². The number of halogens is 2. The standard InChI is InChI=1S/C27H21BrFN3O/c28-21-8-2-4-10-24(21)31-26(33)11-5-7-19-20-16-18(29)13-15-23(20)32-27(19)25-14-12-17-6-1-3-9-22(17)30-25/h1-4,6,8-10,12-16,32H,5,7,11H2,(H,31,33). The molecule has 0 fully saturated rings. The van der Waals surface area contributed by atoms with Crippen molar-refractivity contribution >= 4 is 49.3 Å². The minimum absolute atomic E-state index is 0.0571. The van der Waals surface area contributed by atoms with Gasteiger partial charge in [-0.05, 0) is 76.8 Å². The number of nitrogens with one attached hydrogen (secondary N) is 2. The summed E-state index contributed by atoms with van der Waals surface area (Å²) in [6.45, 7) is 0. The van der Waals surface area contributed by atoms with Gasteiger partial charge < -0.3 is 10.3 Å². The zero-order chi connectivity index (χ0) is 22.8. The number of hydrogen-bond donors (Lipinski definition) is 2.